The Balaban J connectivity index is 1.85. The van der Waals surface area contributed by atoms with E-state index in [9.17, 15) is 9.59 Å². The third-order valence-corrected chi connectivity index (χ3v) is 3.77. The first-order valence-corrected chi connectivity index (χ1v) is 7.71. The van der Waals surface area contributed by atoms with Crippen LogP contribution in [0.3, 0.4) is 0 Å². The van der Waals surface area contributed by atoms with Crippen molar-refractivity contribution in [1.82, 2.24) is 20.0 Å². The van der Waals surface area contributed by atoms with Gasteiger partial charge in [-0.15, -0.1) is 0 Å². The fourth-order valence-electron chi connectivity index (χ4n) is 2.26. The standard InChI is InChI=1S/C16H18N4O4/c1-4-10(3)17-14(21)15-18-13(19-24-15)8-20-11-7-9(2)5-6-12(11)23-16(20)22/h5-7,10H,4,8H2,1-3H3,(H,17,21)/t10-/m1/s1. The molecular weight excluding hydrogens is 312 g/mol. The Morgan fingerprint density at radius 3 is 2.96 bits per heavy atom. The summed E-state index contributed by atoms with van der Waals surface area (Å²) in [5.41, 5.74) is 2.14. The lowest BCUT2D eigenvalue weighted by atomic mass is 10.2. The van der Waals surface area contributed by atoms with Gasteiger partial charge in [-0.3, -0.25) is 9.36 Å². The zero-order valence-corrected chi connectivity index (χ0v) is 13.7. The first kappa shape index (κ1) is 16.0. The molecule has 3 rings (SSSR count). The highest BCUT2D eigenvalue weighted by molar-refractivity contribution is 5.89. The lowest BCUT2D eigenvalue weighted by Gasteiger charge is -2.07. The van der Waals surface area contributed by atoms with Crippen LogP contribution in [0.1, 0.15) is 42.3 Å². The van der Waals surface area contributed by atoms with E-state index in [0.717, 1.165) is 12.0 Å². The van der Waals surface area contributed by atoms with E-state index in [1.807, 2.05) is 32.9 Å². The van der Waals surface area contributed by atoms with Gasteiger partial charge in [0.05, 0.1) is 12.1 Å². The summed E-state index contributed by atoms with van der Waals surface area (Å²) in [7, 11) is 0. The van der Waals surface area contributed by atoms with Crippen molar-refractivity contribution in [3.05, 3.63) is 46.0 Å². The van der Waals surface area contributed by atoms with Crippen molar-refractivity contribution in [3.63, 3.8) is 0 Å². The normalized spacial score (nSPS) is 12.5. The highest BCUT2D eigenvalue weighted by atomic mass is 16.5. The summed E-state index contributed by atoms with van der Waals surface area (Å²) in [5, 5.41) is 6.51. The highest BCUT2D eigenvalue weighted by Gasteiger charge is 2.18. The molecule has 1 atom stereocenters. The largest absolute Gasteiger partial charge is 0.420 e. The van der Waals surface area contributed by atoms with Crippen LogP contribution >= 0.6 is 0 Å². The van der Waals surface area contributed by atoms with E-state index >= 15 is 0 Å². The number of oxazole rings is 1. The molecule has 0 radical (unpaired) electrons. The van der Waals surface area contributed by atoms with Crippen LogP contribution in [-0.4, -0.2) is 26.7 Å². The number of hydrogen-bond donors (Lipinski definition) is 1. The SMILES string of the molecule is CC[C@@H](C)NC(=O)c1nc(Cn2c(=O)oc3ccc(C)cc32)no1. The maximum Gasteiger partial charge on any atom is 0.420 e. The zero-order valence-electron chi connectivity index (χ0n) is 13.7. The lowest BCUT2D eigenvalue weighted by molar-refractivity contribution is 0.0895. The molecule has 0 aliphatic heterocycles. The number of benzene rings is 1. The van der Waals surface area contributed by atoms with Crippen LogP contribution in [0.4, 0.5) is 0 Å². The Bertz CT molecular complexity index is 937. The predicted octanol–water partition coefficient (Wildman–Crippen LogP) is 1.86. The molecule has 0 fully saturated rings. The molecule has 8 nitrogen and oxygen atoms in total. The van der Waals surface area contributed by atoms with Crippen molar-refractivity contribution >= 4 is 17.0 Å². The molecule has 0 aliphatic rings. The summed E-state index contributed by atoms with van der Waals surface area (Å²) in [6.45, 7) is 5.83. The molecule has 2 heterocycles. The monoisotopic (exact) mass is 330 g/mol. The van der Waals surface area contributed by atoms with Gasteiger partial charge in [-0.25, -0.2) is 4.79 Å². The third kappa shape index (κ3) is 3.08. The van der Waals surface area contributed by atoms with Gasteiger partial charge < -0.3 is 14.3 Å². The number of carbonyl (C=O) groups excluding carboxylic acids is 1. The first-order valence-electron chi connectivity index (χ1n) is 7.71. The average Bonchev–Trinajstić information content (AvgIpc) is 3.13. The minimum atomic E-state index is -0.508. The molecule has 1 N–H and O–H groups in total. The molecule has 1 aromatic carbocycles. The number of hydrogen-bond acceptors (Lipinski definition) is 6. The van der Waals surface area contributed by atoms with E-state index in [1.165, 1.54) is 4.57 Å². The summed E-state index contributed by atoms with van der Waals surface area (Å²) in [4.78, 5) is 28.0. The van der Waals surface area contributed by atoms with Crippen LogP contribution in [0.5, 0.6) is 0 Å². The topological polar surface area (TPSA) is 103 Å². The number of amides is 1. The maximum absolute atomic E-state index is 12.0. The average molecular weight is 330 g/mol. The van der Waals surface area contributed by atoms with Gasteiger partial charge >= 0.3 is 17.6 Å². The van der Waals surface area contributed by atoms with Gasteiger partial charge in [0.15, 0.2) is 11.4 Å². The zero-order chi connectivity index (χ0) is 17.3. The number of carbonyl (C=O) groups is 1. The smallest absolute Gasteiger partial charge is 0.408 e. The van der Waals surface area contributed by atoms with E-state index in [-0.39, 0.29) is 24.3 Å². The number of aryl methyl sites for hydroxylation is 1. The van der Waals surface area contributed by atoms with Crippen LogP contribution < -0.4 is 11.1 Å². The summed E-state index contributed by atoms with van der Waals surface area (Å²) in [6, 6.07) is 5.46. The van der Waals surface area contributed by atoms with E-state index in [1.54, 1.807) is 6.07 Å². The molecule has 24 heavy (non-hydrogen) atoms. The predicted molar refractivity (Wildman–Crippen MR) is 85.8 cm³/mol. The van der Waals surface area contributed by atoms with E-state index in [0.29, 0.717) is 11.1 Å². The second kappa shape index (κ2) is 6.31. The first-order chi connectivity index (χ1) is 11.5. The molecule has 1 amide bonds. The van der Waals surface area contributed by atoms with Gasteiger partial charge in [0.1, 0.15) is 0 Å². The van der Waals surface area contributed by atoms with Gasteiger partial charge in [0.25, 0.3) is 0 Å². The lowest BCUT2D eigenvalue weighted by Crippen LogP contribution is -2.32. The fraction of sp³-hybridized carbons (Fsp3) is 0.375. The van der Waals surface area contributed by atoms with E-state index < -0.39 is 11.7 Å². The van der Waals surface area contributed by atoms with Crippen molar-refractivity contribution in [1.29, 1.82) is 0 Å². The number of nitrogens with one attached hydrogen (secondary N) is 1. The van der Waals surface area contributed by atoms with Gasteiger partial charge in [-0.1, -0.05) is 18.1 Å². The van der Waals surface area contributed by atoms with Crippen molar-refractivity contribution in [2.45, 2.75) is 39.8 Å². The Kier molecular flexibility index (Phi) is 4.20. The molecule has 0 spiro atoms. The molecule has 0 saturated carbocycles. The molecule has 3 aromatic rings. The Morgan fingerprint density at radius 2 is 2.21 bits per heavy atom. The summed E-state index contributed by atoms with van der Waals surface area (Å²) in [6.07, 6.45) is 0.794. The Hall–Kier alpha value is -2.90. The van der Waals surface area contributed by atoms with E-state index in [2.05, 4.69) is 15.5 Å². The summed E-state index contributed by atoms with van der Waals surface area (Å²) < 4.78 is 11.6. The quantitative estimate of drug-likeness (QED) is 0.766. The Labute approximate surface area is 137 Å². The molecule has 2 aromatic heterocycles. The number of fused-ring (bicyclic) bond motifs is 1. The number of nitrogens with zero attached hydrogens (tertiary/aromatic N) is 3. The van der Waals surface area contributed by atoms with E-state index in [4.69, 9.17) is 8.94 Å². The summed E-state index contributed by atoms with van der Waals surface area (Å²) in [5.74, 6) is -0.827. The minimum absolute atomic E-state index is 0.0104. The van der Waals surface area contributed by atoms with Gasteiger partial charge in [0, 0.05) is 6.04 Å². The molecule has 126 valence electrons. The van der Waals surface area contributed by atoms with Crippen molar-refractivity contribution < 1.29 is 13.7 Å². The van der Waals surface area contributed by atoms with Crippen molar-refractivity contribution in [3.8, 4) is 0 Å². The molecule has 0 bridgehead atoms. The second-order valence-electron chi connectivity index (χ2n) is 5.72. The Morgan fingerprint density at radius 1 is 1.42 bits per heavy atom. The van der Waals surface area contributed by atoms with Gasteiger partial charge in [-0.05, 0) is 38.0 Å². The molecule has 0 unspecified atom stereocenters. The molecular formula is C16H18N4O4. The third-order valence-electron chi connectivity index (χ3n) is 3.77. The van der Waals surface area contributed by atoms with Crippen molar-refractivity contribution in [2.24, 2.45) is 0 Å². The van der Waals surface area contributed by atoms with Crippen LogP contribution in [0.15, 0.2) is 31.9 Å². The van der Waals surface area contributed by atoms with Crippen molar-refractivity contribution in [2.75, 3.05) is 0 Å². The molecule has 8 heteroatoms. The van der Waals surface area contributed by atoms with Crippen LogP contribution in [0.25, 0.3) is 11.1 Å². The van der Waals surface area contributed by atoms with Crippen LogP contribution in [0.2, 0.25) is 0 Å². The number of rotatable bonds is 5. The molecule has 0 aliphatic carbocycles. The van der Waals surface area contributed by atoms with Gasteiger partial charge in [-0.2, -0.15) is 4.98 Å². The summed E-state index contributed by atoms with van der Waals surface area (Å²) >= 11 is 0. The highest BCUT2D eigenvalue weighted by Crippen LogP contribution is 2.15. The minimum Gasteiger partial charge on any atom is -0.408 e. The fourth-order valence-corrected chi connectivity index (χ4v) is 2.26. The molecule has 0 saturated heterocycles. The number of aromatic nitrogens is 3. The van der Waals surface area contributed by atoms with Gasteiger partial charge in [0.2, 0.25) is 0 Å². The second-order valence-corrected chi connectivity index (χ2v) is 5.72. The van der Waals surface area contributed by atoms with Crippen LogP contribution in [-0.2, 0) is 6.54 Å². The van der Waals surface area contributed by atoms with Crippen LogP contribution in [0, 0.1) is 6.92 Å². The maximum atomic E-state index is 12.0.